The summed E-state index contributed by atoms with van der Waals surface area (Å²) in [7, 11) is 0. The number of halogens is 1. The van der Waals surface area contributed by atoms with Gasteiger partial charge in [0.05, 0.1) is 11.8 Å². The van der Waals surface area contributed by atoms with Crippen molar-refractivity contribution < 1.29 is 14.3 Å². The molecule has 1 aromatic heterocycles. The van der Waals surface area contributed by atoms with Gasteiger partial charge in [0, 0.05) is 37.9 Å². The number of anilines is 1. The summed E-state index contributed by atoms with van der Waals surface area (Å²) < 4.78 is 14.5. The van der Waals surface area contributed by atoms with Gasteiger partial charge >= 0.3 is 0 Å². The maximum absolute atomic E-state index is 14.5. The number of benzene rings is 1. The minimum atomic E-state index is -0.281. The van der Waals surface area contributed by atoms with Gasteiger partial charge in [-0.2, -0.15) is 0 Å². The second kappa shape index (κ2) is 7.64. The molecule has 2 fully saturated rings. The standard InChI is InChI=1S/C21H24FN3O2/c22-19-10-14(3-4-20(19)25-8-5-16(26)6-9-25)12-24-21(27)18-11-17(18)15-2-1-7-23-13-15/h1-4,7,10,13,16-18,26H,5-6,8-9,11-12H2,(H,24,27). The Labute approximate surface area is 158 Å². The number of carbonyl (C=O) groups is 1. The van der Waals surface area contributed by atoms with Crippen LogP contribution in [-0.2, 0) is 11.3 Å². The van der Waals surface area contributed by atoms with Crippen molar-refractivity contribution >= 4 is 11.6 Å². The molecule has 1 aliphatic carbocycles. The van der Waals surface area contributed by atoms with E-state index in [2.05, 4.69) is 10.3 Å². The van der Waals surface area contributed by atoms with Gasteiger partial charge in [-0.3, -0.25) is 9.78 Å². The lowest BCUT2D eigenvalue weighted by molar-refractivity contribution is -0.122. The molecule has 2 N–H and O–H groups in total. The maximum atomic E-state index is 14.5. The fourth-order valence-electron chi connectivity index (χ4n) is 3.79. The first-order valence-corrected chi connectivity index (χ1v) is 9.51. The van der Waals surface area contributed by atoms with Crippen LogP contribution in [0.2, 0.25) is 0 Å². The van der Waals surface area contributed by atoms with Crippen LogP contribution in [0.5, 0.6) is 0 Å². The number of hydrogen-bond donors (Lipinski definition) is 2. The summed E-state index contributed by atoms with van der Waals surface area (Å²) in [6.07, 6.45) is 5.42. The van der Waals surface area contributed by atoms with Crippen molar-refractivity contribution in [1.82, 2.24) is 10.3 Å². The van der Waals surface area contributed by atoms with Gasteiger partial charge in [0.1, 0.15) is 5.82 Å². The number of rotatable bonds is 5. The molecule has 1 aromatic carbocycles. The van der Waals surface area contributed by atoms with Crippen LogP contribution in [0.1, 0.15) is 36.3 Å². The molecule has 142 valence electrons. The summed E-state index contributed by atoms with van der Waals surface area (Å²) in [5.41, 5.74) is 2.41. The number of nitrogens with one attached hydrogen (secondary N) is 1. The maximum Gasteiger partial charge on any atom is 0.224 e. The minimum absolute atomic E-state index is 0.0124. The zero-order chi connectivity index (χ0) is 18.8. The summed E-state index contributed by atoms with van der Waals surface area (Å²) in [6, 6.07) is 9.00. The van der Waals surface area contributed by atoms with Crippen molar-refractivity contribution in [3.05, 3.63) is 59.7 Å². The molecule has 5 nitrogen and oxygen atoms in total. The zero-order valence-corrected chi connectivity index (χ0v) is 15.1. The number of amides is 1. The van der Waals surface area contributed by atoms with Crippen LogP contribution in [0.3, 0.4) is 0 Å². The highest BCUT2D eigenvalue weighted by atomic mass is 19.1. The average Bonchev–Trinajstić information content (AvgIpc) is 3.49. The highest BCUT2D eigenvalue weighted by Gasteiger charge is 2.43. The van der Waals surface area contributed by atoms with Crippen LogP contribution in [-0.4, -0.2) is 35.2 Å². The Kier molecular flexibility index (Phi) is 5.07. The van der Waals surface area contributed by atoms with E-state index in [1.54, 1.807) is 12.3 Å². The Morgan fingerprint density at radius 1 is 1.30 bits per heavy atom. The van der Waals surface area contributed by atoms with E-state index in [9.17, 15) is 14.3 Å². The van der Waals surface area contributed by atoms with Crippen molar-refractivity contribution in [2.24, 2.45) is 5.92 Å². The molecule has 6 heteroatoms. The van der Waals surface area contributed by atoms with Crippen molar-refractivity contribution in [1.29, 1.82) is 0 Å². The molecule has 0 spiro atoms. The van der Waals surface area contributed by atoms with E-state index < -0.39 is 0 Å². The Morgan fingerprint density at radius 3 is 2.81 bits per heavy atom. The van der Waals surface area contributed by atoms with Crippen LogP contribution in [0.15, 0.2) is 42.7 Å². The minimum Gasteiger partial charge on any atom is -0.393 e. The smallest absolute Gasteiger partial charge is 0.224 e. The second-order valence-corrected chi connectivity index (χ2v) is 7.46. The van der Waals surface area contributed by atoms with Gasteiger partial charge in [-0.25, -0.2) is 4.39 Å². The lowest BCUT2D eigenvalue weighted by Crippen LogP contribution is -2.36. The molecule has 2 heterocycles. The normalized spacial score (nSPS) is 22.5. The molecule has 4 rings (SSSR count). The van der Waals surface area contributed by atoms with E-state index in [0.29, 0.717) is 38.2 Å². The predicted octanol–water partition coefficient (Wildman–Crippen LogP) is 2.60. The first kappa shape index (κ1) is 17.9. The Morgan fingerprint density at radius 2 is 2.11 bits per heavy atom. The number of hydrogen-bond acceptors (Lipinski definition) is 4. The highest BCUT2D eigenvalue weighted by molar-refractivity contribution is 5.82. The number of pyridine rings is 1. The van der Waals surface area contributed by atoms with Crippen LogP contribution in [0, 0.1) is 11.7 Å². The molecule has 2 aromatic rings. The quantitative estimate of drug-likeness (QED) is 0.850. The molecule has 0 bridgehead atoms. The third-order valence-electron chi connectivity index (χ3n) is 5.52. The Bertz CT molecular complexity index is 806. The number of aliphatic hydroxyl groups is 1. The molecular weight excluding hydrogens is 345 g/mol. The number of aromatic nitrogens is 1. The van der Waals surface area contributed by atoms with Gasteiger partial charge in [0.15, 0.2) is 0 Å². The average molecular weight is 369 g/mol. The molecule has 1 saturated heterocycles. The SMILES string of the molecule is O=C(NCc1ccc(N2CCC(O)CC2)c(F)c1)C1CC1c1cccnc1. The first-order chi connectivity index (χ1) is 13.1. The van der Waals surface area contributed by atoms with Gasteiger partial charge in [0.25, 0.3) is 0 Å². The molecule has 1 aliphatic heterocycles. The van der Waals surface area contributed by atoms with Gasteiger partial charge < -0.3 is 15.3 Å². The van der Waals surface area contributed by atoms with E-state index in [4.69, 9.17) is 0 Å². The summed E-state index contributed by atoms with van der Waals surface area (Å²) in [6.45, 7) is 1.64. The van der Waals surface area contributed by atoms with Gasteiger partial charge in [0.2, 0.25) is 5.91 Å². The van der Waals surface area contributed by atoms with E-state index >= 15 is 0 Å². The zero-order valence-electron chi connectivity index (χ0n) is 15.1. The fraction of sp³-hybridized carbons (Fsp3) is 0.429. The molecule has 1 saturated carbocycles. The largest absolute Gasteiger partial charge is 0.393 e. The van der Waals surface area contributed by atoms with Crippen molar-refractivity contribution in [2.45, 2.75) is 37.8 Å². The second-order valence-electron chi connectivity index (χ2n) is 7.46. The van der Waals surface area contributed by atoms with Crippen molar-refractivity contribution in [3.8, 4) is 0 Å². The van der Waals surface area contributed by atoms with Crippen LogP contribution >= 0.6 is 0 Å². The fourth-order valence-corrected chi connectivity index (χ4v) is 3.79. The molecule has 2 unspecified atom stereocenters. The Hall–Kier alpha value is -2.47. The summed E-state index contributed by atoms with van der Waals surface area (Å²) in [5, 5.41) is 12.5. The van der Waals surface area contributed by atoms with Crippen LogP contribution in [0.4, 0.5) is 10.1 Å². The molecule has 1 amide bonds. The number of aliphatic hydroxyl groups excluding tert-OH is 1. The lowest BCUT2D eigenvalue weighted by atomic mass is 10.1. The molecule has 0 radical (unpaired) electrons. The Balaban J connectivity index is 1.31. The number of nitrogens with zero attached hydrogens (tertiary/aromatic N) is 2. The summed E-state index contributed by atoms with van der Waals surface area (Å²) in [4.78, 5) is 18.4. The summed E-state index contributed by atoms with van der Waals surface area (Å²) >= 11 is 0. The van der Waals surface area contributed by atoms with Crippen molar-refractivity contribution in [2.75, 3.05) is 18.0 Å². The molecule has 27 heavy (non-hydrogen) atoms. The van der Waals surface area contributed by atoms with Crippen LogP contribution < -0.4 is 10.2 Å². The van der Waals surface area contributed by atoms with E-state index in [1.807, 2.05) is 29.3 Å². The van der Waals surface area contributed by atoms with E-state index in [-0.39, 0.29) is 29.7 Å². The van der Waals surface area contributed by atoms with Gasteiger partial charge in [-0.15, -0.1) is 0 Å². The van der Waals surface area contributed by atoms with Gasteiger partial charge in [-0.1, -0.05) is 12.1 Å². The molecule has 2 aliphatic rings. The topological polar surface area (TPSA) is 65.5 Å². The highest BCUT2D eigenvalue weighted by Crippen LogP contribution is 2.47. The van der Waals surface area contributed by atoms with Crippen LogP contribution in [0.25, 0.3) is 0 Å². The monoisotopic (exact) mass is 369 g/mol. The van der Waals surface area contributed by atoms with E-state index in [0.717, 1.165) is 17.5 Å². The third-order valence-corrected chi connectivity index (χ3v) is 5.52. The summed E-state index contributed by atoms with van der Waals surface area (Å²) in [5.74, 6) is -0.0403. The van der Waals surface area contributed by atoms with E-state index in [1.165, 1.54) is 6.07 Å². The third kappa shape index (κ3) is 4.11. The van der Waals surface area contributed by atoms with Crippen molar-refractivity contribution in [3.63, 3.8) is 0 Å². The first-order valence-electron chi connectivity index (χ1n) is 9.51. The molecule has 2 atom stereocenters. The molecular formula is C21H24FN3O2. The lowest BCUT2D eigenvalue weighted by Gasteiger charge is -2.31. The van der Waals surface area contributed by atoms with Gasteiger partial charge in [-0.05, 0) is 54.5 Å². The predicted molar refractivity (Wildman–Crippen MR) is 101 cm³/mol. The number of carbonyl (C=O) groups excluding carboxylic acids is 1. The number of piperidine rings is 1.